The van der Waals surface area contributed by atoms with Crippen LogP contribution in [0.1, 0.15) is 43.0 Å². The fraction of sp³-hybridized carbons (Fsp3) is 0.333. The number of nitrogens with zero attached hydrogens (tertiary/aromatic N) is 3. The quantitative estimate of drug-likeness (QED) is 0.289. The largest absolute Gasteiger partial charge is 0.497 e. The Morgan fingerprint density at radius 2 is 2.12 bits per heavy atom. The molecule has 1 aliphatic carbocycles. The van der Waals surface area contributed by atoms with E-state index >= 15 is 0 Å². The Morgan fingerprint density at radius 3 is 2.84 bits per heavy atom. The van der Waals surface area contributed by atoms with Gasteiger partial charge in [0.25, 0.3) is 5.69 Å². The van der Waals surface area contributed by atoms with Crippen molar-refractivity contribution in [3.63, 3.8) is 0 Å². The SMILES string of the molecule is CCOC(=O)/C=C(\C)N1N=C2c3ccc(OC)cc3CC[C@@H]2[C@@H]1c1cccc([N+](=O)[O-])c1. The molecule has 166 valence electrons. The number of aryl methyl sites for hydroxylation is 1. The van der Waals surface area contributed by atoms with Crippen LogP contribution < -0.4 is 4.74 Å². The van der Waals surface area contributed by atoms with Gasteiger partial charge in [-0.05, 0) is 56.0 Å². The number of allylic oxidation sites excluding steroid dienone is 1. The van der Waals surface area contributed by atoms with Gasteiger partial charge in [-0.3, -0.25) is 15.1 Å². The predicted octanol–water partition coefficient (Wildman–Crippen LogP) is 4.39. The molecule has 0 saturated heterocycles. The first-order chi connectivity index (χ1) is 15.4. The molecule has 0 amide bonds. The molecule has 1 heterocycles. The van der Waals surface area contributed by atoms with Crippen molar-refractivity contribution in [1.29, 1.82) is 0 Å². The van der Waals surface area contributed by atoms with Crippen LogP contribution in [0.4, 0.5) is 5.69 Å². The molecular weight excluding hydrogens is 410 g/mol. The molecule has 2 aromatic rings. The summed E-state index contributed by atoms with van der Waals surface area (Å²) in [6.07, 6.45) is 3.09. The number of carbonyl (C=O) groups excluding carboxylic acids is 1. The summed E-state index contributed by atoms with van der Waals surface area (Å²) in [5.41, 5.74) is 4.56. The van der Waals surface area contributed by atoms with Crippen molar-refractivity contribution in [2.75, 3.05) is 13.7 Å². The molecule has 8 heteroatoms. The Hall–Kier alpha value is -3.68. The summed E-state index contributed by atoms with van der Waals surface area (Å²) < 4.78 is 10.4. The summed E-state index contributed by atoms with van der Waals surface area (Å²) in [5, 5.41) is 18.1. The molecule has 0 bridgehead atoms. The molecule has 0 N–H and O–H groups in total. The monoisotopic (exact) mass is 435 g/mol. The van der Waals surface area contributed by atoms with Gasteiger partial charge in [-0.15, -0.1) is 0 Å². The van der Waals surface area contributed by atoms with Crippen molar-refractivity contribution in [3.05, 3.63) is 81.0 Å². The first kappa shape index (κ1) is 21.5. The number of benzene rings is 2. The Bertz CT molecular complexity index is 1120. The number of non-ortho nitro benzene ring substituents is 1. The molecule has 2 aromatic carbocycles. The van der Waals surface area contributed by atoms with E-state index in [0.29, 0.717) is 5.70 Å². The van der Waals surface area contributed by atoms with Gasteiger partial charge >= 0.3 is 5.97 Å². The molecule has 0 aromatic heterocycles. The normalized spacial score (nSPS) is 19.7. The number of fused-ring (bicyclic) bond motifs is 3. The molecule has 0 fully saturated rings. The number of esters is 1. The maximum atomic E-state index is 12.1. The molecule has 2 aliphatic rings. The molecule has 32 heavy (non-hydrogen) atoms. The van der Waals surface area contributed by atoms with E-state index in [9.17, 15) is 14.9 Å². The molecule has 0 radical (unpaired) electrons. The van der Waals surface area contributed by atoms with E-state index in [1.165, 1.54) is 12.1 Å². The fourth-order valence-electron chi connectivity index (χ4n) is 4.50. The van der Waals surface area contributed by atoms with Crippen LogP contribution in [0, 0.1) is 16.0 Å². The zero-order chi connectivity index (χ0) is 22.8. The maximum absolute atomic E-state index is 12.1. The van der Waals surface area contributed by atoms with Crippen LogP contribution in [0.2, 0.25) is 0 Å². The van der Waals surface area contributed by atoms with Crippen molar-refractivity contribution in [2.24, 2.45) is 11.0 Å². The predicted molar refractivity (Wildman–Crippen MR) is 119 cm³/mol. The number of hydrogen-bond donors (Lipinski definition) is 0. The molecule has 2 atom stereocenters. The number of hydrazone groups is 1. The van der Waals surface area contributed by atoms with Crippen molar-refractivity contribution >= 4 is 17.4 Å². The van der Waals surface area contributed by atoms with E-state index in [1.54, 1.807) is 38.1 Å². The average Bonchev–Trinajstić information content (AvgIpc) is 3.19. The van der Waals surface area contributed by atoms with E-state index in [0.717, 1.165) is 41.0 Å². The topological polar surface area (TPSA) is 94.3 Å². The molecule has 0 unspecified atom stereocenters. The average molecular weight is 435 g/mol. The van der Waals surface area contributed by atoms with Crippen LogP contribution in [-0.4, -0.2) is 35.3 Å². The molecule has 0 spiro atoms. The minimum Gasteiger partial charge on any atom is -0.497 e. The van der Waals surface area contributed by atoms with Crippen molar-refractivity contribution in [3.8, 4) is 5.75 Å². The van der Waals surface area contributed by atoms with Crippen LogP contribution in [0.25, 0.3) is 0 Å². The second-order valence-corrected chi connectivity index (χ2v) is 7.83. The van der Waals surface area contributed by atoms with Crippen LogP contribution in [0.5, 0.6) is 5.75 Å². The summed E-state index contributed by atoms with van der Waals surface area (Å²) in [6.45, 7) is 3.84. The summed E-state index contributed by atoms with van der Waals surface area (Å²) >= 11 is 0. The second-order valence-electron chi connectivity index (χ2n) is 7.83. The summed E-state index contributed by atoms with van der Waals surface area (Å²) in [7, 11) is 1.64. The number of nitro benzene ring substituents is 1. The number of nitro groups is 1. The highest BCUT2D eigenvalue weighted by molar-refractivity contribution is 6.06. The van der Waals surface area contributed by atoms with Gasteiger partial charge in [0.05, 0.1) is 30.4 Å². The van der Waals surface area contributed by atoms with Gasteiger partial charge in [-0.2, -0.15) is 5.10 Å². The fourth-order valence-corrected chi connectivity index (χ4v) is 4.50. The summed E-state index contributed by atoms with van der Waals surface area (Å²) in [5.74, 6) is 0.387. The lowest BCUT2D eigenvalue weighted by atomic mass is 9.77. The highest BCUT2D eigenvalue weighted by atomic mass is 16.6. The van der Waals surface area contributed by atoms with Crippen LogP contribution in [-0.2, 0) is 16.0 Å². The van der Waals surface area contributed by atoms with Crippen molar-refractivity contribution in [1.82, 2.24) is 5.01 Å². The lowest BCUT2D eigenvalue weighted by molar-refractivity contribution is -0.385. The van der Waals surface area contributed by atoms with Gasteiger partial charge < -0.3 is 9.47 Å². The zero-order valence-electron chi connectivity index (χ0n) is 18.3. The van der Waals surface area contributed by atoms with E-state index in [1.807, 2.05) is 24.3 Å². The first-order valence-electron chi connectivity index (χ1n) is 10.6. The first-order valence-corrected chi connectivity index (χ1v) is 10.6. The van der Waals surface area contributed by atoms with Gasteiger partial charge in [-0.1, -0.05) is 12.1 Å². The minimum atomic E-state index is -0.442. The molecule has 8 nitrogen and oxygen atoms in total. The third-order valence-electron chi connectivity index (χ3n) is 5.92. The molecule has 0 saturated carbocycles. The van der Waals surface area contributed by atoms with Gasteiger partial charge in [-0.25, -0.2) is 4.79 Å². The van der Waals surface area contributed by atoms with Crippen molar-refractivity contribution in [2.45, 2.75) is 32.7 Å². The molecular formula is C24H25N3O5. The lowest BCUT2D eigenvalue weighted by Crippen LogP contribution is -2.28. The Labute approximate surface area is 186 Å². The number of methoxy groups -OCH3 is 1. The van der Waals surface area contributed by atoms with Crippen LogP contribution >= 0.6 is 0 Å². The van der Waals surface area contributed by atoms with Gasteiger partial charge in [0.15, 0.2) is 0 Å². The maximum Gasteiger partial charge on any atom is 0.332 e. The van der Waals surface area contributed by atoms with Crippen LogP contribution in [0.15, 0.2) is 59.3 Å². The highest BCUT2D eigenvalue weighted by Crippen LogP contribution is 2.45. The number of rotatable bonds is 6. The number of hydrogen-bond acceptors (Lipinski definition) is 7. The third-order valence-corrected chi connectivity index (χ3v) is 5.92. The number of carbonyl (C=O) groups is 1. The second kappa shape index (κ2) is 8.82. The van der Waals surface area contributed by atoms with E-state index < -0.39 is 10.9 Å². The Morgan fingerprint density at radius 1 is 1.31 bits per heavy atom. The molecule has 4 rings (SSSR count). The van der Waals surface area contributed by atoms with Gasteiger partial charge in [0.1, 0.15) is 5.75 Å². The summed E-state index contributed by atoms with van der Waals surface area (Å²) in [4.78, 5) is 23.1. The van der Waals surface area contributed by atoms with Crippen LogP contribution in [0.3, 0.4) is 0 Å². The minimum absolute atomic E-state index is 0.0310. The number of ether oxygens (including phenoxy) is 2. The van der Waals surface area contributed by atoms with E-state index in [2.05, 4.69) is 0 Å². The molecule has 1 aliphatic heterocycles. The Kier molecular flexibility index (Phi) is 5.94. The third kappa shape index (κ3) is 3.95. The van der Waals surface area contributed by atoms with Crippen molar-refractivity contribution < 1.29 is 19.2 Å². The lowest BCUT2D eigenvalue weighted by Gasteiger charge is -2.31. The van der Waals surface area contributed by atoms with E-state index in [4.69, 9.17) is 14.6 Å². The standard InChI is InChI=1S/C24H25N3O5/c1-4-32-22(28)12-15(2)26-24(17-6-5-7-18(13-17)27(29)30)21-10-8-16-14-19(31-3)9-11-20(16)23(21)25-26/h5-7,9,11-14,21,24H,4,8,10H2,1-3H3/b15-12+/t21-,24-/m0/s1. The highest BCUT2D eigenvalue weighted by Gasteiger charge is 2.42. The van der Waals surface area contributed by atoms with E-state index in [-0.39, 0.29) is 24.3 Å². The smallest absolute Gasteiger partial charge is 0.332 e. The Balaban J connectivity index is 1.80. The van der Waals surface area contributed by atoms with Gasteiger partial charge in [0, 0.05) is 35.4 Å². The zero-order valence-corrected chi connectivity index (χ0v) is 18.3. The van der Waals surface area contributed by atoms with Gasteiger partial charge in [0.2, 0.25) is 0 Å². The summed E-state index contributed by atoms with van der Waals surface area (Å²) in [6, 6.07) is 12.3.